The Labute approximate surface area is 119 Å². The number of hydrogen-bond acceptors (Lipinski definition) is 5. The SMILES string of the molecule is COCCN(CCOC)C(=O)c1ccc(N)cc1OC. The van der Waals surface area contributed by atoms with E-state index in [4.69, 9.17) is 19.9 Å². The fourth-order valence-electron chi connectivity index (χ4n) is 1.77. The summed E-state index contributed by atoms with van der Waals surface area (Å²) in [4.78, 5) is 14.2. The van der Waals surface area contributed by atoms with Crippen LogP contribution in [-0.4, -0.2) is 58.4 Å². The fourth-order valence-corrected chi connectivity index (χ4v) is 1.77. The first-order chi connectivity index (χ1) is 9.63. The number of carbonyl (C=O) groups is 1. The molecule has 0 radical (unpaired) electrons. The van der Waals surface area contributed by atoms with Crippen molar-refractivity contribution in [2.45, 2.75) is 0 Å². The molecular formula is C14H22N2O4. The summed E-state index contributed by atoms with van der Waals surface area (Å²) in [6.07, 6.45) is 0. The van der Waals surface area contributed by atoms with Crippen LogP contribution in [0, 0.1) is 0 Å². The highest BCUT2D eigenvalue weighted by Gasteiger charge is 2.19. The minimum Gasteiger partial charge on any atom is -0.496 e. The Morgan fingerprint density at radius 2 is 1.75 bits per heavy atom. The van der Waals surface area contributed by atoms with Crippen molar-refractivity contribution in [3.8, 4) is 5.75 Å². The summed E-state index contributed by atoms with van der Waals surface area (Å²) in [5.74, 6) is 0.339. The average Bonchev–Trinajstić information content (AvgIpc) is 2.46. The van der Waals surface area contributed by atoms with Gasteiger partial charge < -0.3 is 24.8 Å². The predicted octanol–water partition coefficient (Wildman–Crippen LogP) is 1.01. The van der Waals surface area contributed by atoms with Crippen LogP contribution < -0.4 is 10.5 Å². The van der Waals surface area contributed by atoms with Crippen LogP contribution in [-0.2, 0) is 9.47 Å². The Morgan fingerprint density at radius 1 is 1.15 bits per heavy atom. The van der Waals surface area contributed by atoms with E-state index in [0.29, 0.717) is 43.3 Å². The fraction of sp³-hybridized carbons (Fsp3) is 0.500. The van der Waals surface area contributed by atoms with Crippen molar-refractivity contribution in [1.82, 2.24) is 4.90 Å². The normalized spacial score (nSPS) is 10.3. The molecule has 2 N–H and O–H groups in total. The summed E-state index contributed by atoms with van der Waals surface area (Å²) < 4.78 is 15.3. The van der Waals surface area contributed by atoms with Gasteiger partial charge in [0.25, 0.3) is 5.91 Å². The zero-order chi connectivity index (χ0) is 15.0. The molecule has 0 bridgehead atoms. The average molecular weight is 282 g/mol. The summed E-state index contributed by atoms with van der Waals surface area (Å²) >= 11 is 0. The van der Waals surface area contributed by atoms with Gasteiger partial charge in [-0.2, -0.15) is 0 Å². The molecule has 6 heteroatoms. The molecule has 0 saturated heterocycles. The van der Waals surface area contributed by atoms with Crippen molar-refractivity contribution in [3.63, 3.8) is 0 Å². The molecular weight excluding hydrogens is 260 g/mol. The molecule has 1 amide bonds. The zero-order valence-electron chi connectivity index (χ0n) is 12.2. The molecule has 0 aliphatic carbocycles. The molecule has 0 aliphatic heterocycles. The first-order valence-electron chi connectivity index (χ1n) is 6.34. The second-order valence-corrected chi connectivity index (χ2v) is 4.24. The zero-order valence-corrected chi connectivity index (χ0v) is 12.2. The van der Waals surface area contributed by atoms with Crippen molar-refractivity contribution in [1.29, 1.82) is 0 Å². The van der Waals surface area contributed by atoms with E-state index in [-0.39, 0.29) is 5.91 Å². The maximum atomic E-state index is 12.5. The van der Waals surface area contributed by atoms with Gasteiger partial charge in [0.05, 0.1) is 25.9 Å². The number of ether oxygens (including phenoxy) is 3. The van der Waals surface area contributed by atoms with Crippen LogP contribution in [0.4, 0.5) is 5.69 Å². The Kier molecular flexibility index (Phi) is 6.83. The van der Waals surface area contributed by atoms with Crippen LogP contribution in [0.25, 0.3) is 0 Å². The third-order valence-electron chi connectivity index (χ3n) is 2.87. The van der Waals surface area contributed by atoms with Gasteiger partial charge in [-0.25, -0.2) is 0 Å². The molecule has 0 spiro atoms. The summed E-state index contributed by atoms with van der Waals surface area (Å²) in [5, 5.41) is 0. The number of methoxy groups -OCH3 is 3. The minimum atomic E-state index is -0.129. The standard InChI is InChI=1S/C14H22N2O4/c1-18-8-6-16(7-9-19-2)14(17)12-5-4-11(15)10-13(12)20-3/h4-5,10H,6-9,15H2,1-3H3. The number of nitrogens with two attached hydrogens (primary N) is 1. The lowest BCUT2D eigenvalue weighted by atomic mass is 10.1. The molecule has 0 saturated carbocycles. The molecule has 1 rings (SSSR count). The number of nitrogen functional groups attached to an aromatic ring is 1. The Morgan fingerprint density at radius 3 is 2.25 bits per heavy atom. The Balaban J connectivity index is 2.92. The van der Waals surface area contributed by atoms with E-state index in [9.17, 15) is 4.79 Å². The summed E-state index contributed by atoms with van der Waals surface area (Å²) in [7, 11) is 4.71. The number of anilines is 1. The number of amides is 1. The van der Waals surface area contributed by atoms with Crippen molar-refractivity contribution in [2.75, 3.05) is 53.4 Å². The molecule has 1 aromatic rings. The number of benzene rings is 1. The van der Waals surface area contributed by atoms with Crippen LogP contribution in [0.1, 0.15) is 10.4 Å². The van der Waals surface area contributed by atoms with Gasteiger partial charge in [-0.3, -0.25) is 4.79 Å². The third-order valence-corrected chi connectivity index (χ3v) is 2.87. The largest absolute Gasteiger partial charge is 0.496 e. The second-order valence-electron chi connectivity index (χ2n) is 4.24. The summed E-state index contributed by atoms with van der Waals surface area (Å²) in [6.45, 7) is 1.91. The van der Waals surface area contributed by atoms with Crippen molar-refractivity contribution in [3.05, 3.63) is 23.8 Å². The van der Waals surface area contributed by atoms with Gasteiger partial charge in [0.1, 0.15) is 5.75 Å². The maximum Gasteiger partial charge on any atom is 0.257 e. The first kappa shape index (κ1) is 16.3. The van der Waals surface area contributed by atoms with Gasteiger partial charge in [-0.15, -0.1) is 0 Å². The highest BCUT2D eigenvalue weighted by atomic mass is 16.5. The van der Waals surface area contributed by atoms with Gasteiger partial charge in [-0.1, -0.05) is 0 Å². The lowest BCUT2D eigenvalue weighted by molar-refractivity contribution is 0.0624. The molecule has 1 aromatic carbocycles. The molecule has 0 aliphatic rings. The minimum absolute atomic E-state index is 0.129. The van der Waals surface area contributed by atoms with Crippen LogP contribution in [0.5, 0.6) is 5.75 Å². The number of carbonyl (C=O) groups excluding carboxylic acids is 1. The second kappa shape index (κ2) is 8.39. The van der Waals surface area contributed by atoms with Gasteiger partial charge in [0.2, 0.25) is 0 Å². The maximum absolute atomic E-state index is 12.5. The molecule has 0 atom stereocenters. The van der Waals surface area contributed by atoms with E-state index in [1.807, 2.05) is 0 Å². The highest BCUT2D eigenvalue weighted by Crippen LogP contribution is 2.23. The molecule has 6 nitrogen and oxygen atoms in total. The van der Waals surface area contributed by atoms with Crippen molar-refractivity contribution in [2.24, 2.45) is 0 Å². The topological polar surface area (TPSA) is 74.0 Å². The number of nitrogens with zero attached hydrogens (tertiary/aromatic N) is 1. The van der Waals surface area contributed by atoms with Crippen LogP contribution in [0.2, 0.25) is 0 Å². The third kappa shape index (κ3) is 4.40. The van der Waals surface area contributed by atoms with E-state index in [2.05, 4.69) is 0 Å². The van der Waals surface area contributed by atoms with E-state index in [1.165, 1.54) is 7.11 Å². The van der Waals surface area contributed by atoms with Crippen LogP contribution in [0.15, 0.2) is 18.2 Å². The Hall–Kier alpha value is -1.79. The quantitative estimate of drug-likeness (QED) is 0.720. The molecule has 20 heavy (non-hydrogen) atoms. The van der Waals surface area contributed by atoms with Crippen LogP contribution >= 0.6 is 0 Å². The summed E-state index contributed by atoms with van der Waals surface area (Å²) in [5.41, 5.74) is 6.73. The lowest BCUT2D eigenvalue weighted by Crippen LogP contribution is -2.36. The molecule has 112 valence electrons. The van der Waals surface area contributed by atoms with E-state index in [0.717, 1.165) is 0 Å². The first-order valence-corrected chi connectivity index (χ1v) is 6.34. The molecule has 0 unspecified atom stereocenters. The molecule has 0 fully saturated rings. The van der Waals surface area contributed by atoms with E-state index >= 15 is 0 Å². The van der Waals surface area contributed by atoms with E-state index in [1.54, 1.807) is 37.3 Å². The monoisotopic (exact) mass is 282 g/mol. The molecule has 0 heterocycles. The van der Waals surface area contributed by atoms with Gasteiger partial charge in [0, 0.05) is 39.1 Å². The Bertz CT molecular complexity index is 429. The van der Waals surface area contributed by atoms with Crippen molar-refractivity contribution < 1.29 is 19.0 Å². The van der Waals surface area contributed by atoms with Gasteiger partial charge >= 0.3 is 0 Å². The number of rotatable bonds is 8. The number of hydrogen-bond donors (Lipinski definition) is 1. The predicted molar refractivity (Wildman–Crippen MR) is 77.1 cm³/mol. The lowest BCUT2D eigenvalue weighted by Gasteiger charge is -2.23. The molecule has 0 aromatic heterocycles. The van der Waals surface area contributed by atoms with Crippen LogP contribution in [0.3, 0.4) is 0 Å². The highest BCUT2D eigenvalue weighted by molar-refractivity contribution is 5.97. The van der Waals surface area contributed by atoms with Gasteiger partial charge in [-0.05, 0) is 12.1 Å². The van der Waals surface area contributed by atoms with Gasteiger partial charge in [0.15, 0.2) is 0 Å². The summed E-state index contributed by atoms with van der Waals surface area (Å²) in [6, 6.07) is 4.99. The van der Waals surface area contributed by atoms with E-state index < -0.39 is 0 Å². The smallest absolute Gasteiger partial charge is 0.257 e. The van der Waals surface area contributed by atoms with Crippen molar-refractivity contribution >= 4 is 11.6 Å².